The Kier molecular flexibility index (Phi) is 9.07. The van der Waals surface area contributed by atoms with Gasteiger partial charge in [0, 0.05) is 21.7 Å². The van der Waals surface area contributed by atoms with Gasteiger partial charge < -0.3 is 24.5 Å². The number of fused-ring (bicyclic) bond motifs is 9. The monoisotopic (exact) mass is 779 g/mol. The lowest BCUT2D eigenvalue weighted by atomic mass is 9.68. The summed E-state index contributed by atoms with van der Waals surface area (Å²) in [6.07, 6.45) is -4.21. The van der Waals surface area contributed by atoms with Crippen LogP contribution in [-0.2, 0) is 25.3 Å². The van der Waals surface area contributed by atoms with Gasteiger partial charge in [0.2, 0.25) is 11.8 Å². The van der Waals surface area contributed by atoms with Crippen LogP contribution in [-0.4, -0.2) is 54.2 Å². The lowest BCUT2D eigenvalue weighted by Crippen LogP contribution is -2.42. The molecular weight excluding hydrogens is 748 g/mol. The van der Waals surface area contributed by atoms with Gasteiger partial charge in [-0.25, -0.2) is 9.69 Å². The number of alkyl halides is 3. The zero-order valence-electron chi connectivity index (χ0n) is 28.7. The number of esters is 1. The van der Waals surface area contributed by atoms with E-state index in [1.807, 2.05) is 6.07 Å². The molecule has 4 aromatic rings. The number of ether oxygens (including phenoxy) is 3. The molecule has 6 unspecified atom stereocenters. The molecule has 1 saturated heterocycles. The molecule has 3 amide bonds. The first-order valence-corrected chi connectivity index (χ1v) is 18.9. The van der Waals surface area contributed by atoms with E-state index >= 15 is 0 Å². The summed E-state index contributed by atoms with van der Waals surface area (Å²) in [4.78, 5) is 69.6. The molecule has 3 heterocycles. The van der Waals surface area contributed by atoms with Gasteiger partial charge in [0.05, 0.1) is 47.4 Å². The number of nitrogens with zero attached hydrogens (tertiary/aromatic N) is 1. The van der Waals surface area contributed by atoms with Gasteiger partial charge in [-0.15, -0.1) is 11.8 Å². The maximum absolute atomic E-state index is 14.1. The number of rotatable bonds is 9. The van der Waals surface area contributed by atoms with Crippen LogP contribution in [0.3, 0.4) is 0 Å². The third-order valence-corrected chi connectivity index (χ3v) is 13.3. The molecule has 0 spiro atoms. The van der Waals surface area contributed by atoms with Crippen molar-refractivity contribution in [2.45, 2.75) is 35.7 Å². The van der Waals surface area contributed by atoms with Gasteiger partial charge in [-0.05, 0) is 85.2 Å². The van der Waals surface area contributed by atoms with E-state index in [2.05, 4.69) is 10.3 Å². The summed E-state index contributed by atoms with van der Waals surface area (Å²) >= 11 is 2.53. The Balaban J connectivity index is 1.05. The average Bonchev–Trinajstić information content (AvgIpc) is 3.89. The van der Waals surface area contributed by atoms with E-state index in [1.165, 1.54) is 49.2 Å². The molecule has 4 aliphatic rings. The summed E-state index contributed by atoms with van der Waals surface area (Å²) in [5, 5.41) is 3.19. The van der Waals surface area contributed by atoms with Crippen molar-refractivity contribution in [2.24, 2.45) is 29.6 Å². The molecule has 3 aromatic carbocycles. The summed E-state index contributed by atoms with van der Waals surface area (Å²) in [5.74, 6) is -4.37. The maximum atomic E-state index is 14.1. The van der Waals surface area contributed by atoms with Crippen molar-refractivity contribution in [3.05, 3.63) is 98.0 Å². The van der Waals surface area contributed by atoms with Crippen molar-refractivity contribution < 1.29 is 46.6 Å². The first kappa shape index (κ1) is 35.9. The van der Waals surface area contributed by atoms with Gasteiger partial charge in [-0.3, -0.25) is 19.2 Å². The summed E-state index contributed by atoms with van der Waals surface area (Å²) in [6, 6.07) is 16.1. The normalized spacial score (nSPS) is 25.2. The topological polar surface area (TPSA) is 144 Å². The summed E-state index contributed by atoms with van der Waals surface area (Å²) in [6.45, 7) is 1.59. The molecular formula is C38H32F3N3O8S2. The Hall–Kier alpha value is -5.09. The highest BCUT2D eigenvalue weighted by Crippen LogP contribution is 2.69. The maximum Gasteiger partial charge on any atom is 0.418 e. The van der Waals surface area contributed by atoms with E-state index in [0.29, 0.717) is 28.4 Å². The number of hydrogen-bond acceptors (Lipinski definition) is 10. The fraction of sp³-hybridized carbons (Fsp3) is 0.342. The number of aromatic nitrogens is 1. The van der Waals surface area contributed by atoms with Crippen molar-refractivity contribution in [1.29, 1.82) is 0 Å². The molecule has 11 nitrogen and oxygen atoms in total. The Bertz CT molecular complexity index is 2240. The van der Waals surface area contributed by atoms with E-state index in [4.69, 9.17) is 14.2 Å². The molecule has 3 fully saturated rings. The molecule has 280 valence electrons. The van der Waals surface area contributed by atoms with Gasteiger partial charge in [-0.1, -0.05) is 29.5 Å². The fourth-order valence-corrected chi connectivity index (χ4v) is 11.7. The number of amides is 3. The SMILES string of the molecule is CCOC(=O)c1ccc(NC(=O)COc2ccc([C@H]3c4sc(=O)[nH]c4SC4C5CC(C6C(=O)N(c7ccccc7C(F)(F)F)C(=O)C56)C43)cc2OC)cc1. The molecule has 54 heavy (non-hydrogen) atoms. The highest BCUT2D eigenvalue weighted by molar-refractivity contribution is 8.00. The second-order valence-corrected chi connectivity index (χ2v) is 15.7. The fourth-order valence-electron chi connectivity index (χ4n) is 8.78. The lowest BCUT2D eigenvalue weighted by Gasteiger charge is -2.43. The smallest absolute Gasteiger partial charge is 0.418 e. The van der Waals surface area contributed by atoms with Crippen molar-refractivity contribution >= 4 is 58.2 Å². The van der Waals surface area contributed by atoms with Crippen molar-refractivity contribution in [2.75, 3.05) is 30.5 Å². The van der Waals surface area contributed by atoms with Crippen LogP contribution in [0.1, 0.15) is 45.6 Å². The van der Waals surface area contributed by atoms with Crippen LogP contribution in [0.25, 0.3) is 0 Å². The molecule has 1 aromatic heterocycles. The summed E-state index contributed by atoms with van der Waals surface area (Å²) < 4.78 is 58.6. The number of para-hydroxylation sites is 1. The Morgan fingerprint density at radius 2 is 1.69 bits per heavy atom. The van der Waals surface area contributed by atoms with Crippen LogP contribution in [0.2, 0.25) is 0 Å². The second-order valence-electron chi connectivity index (χ2n) is 13.5. The van der Waals surface area contributed by atoms with Crippen LogP contribution in [0.5, 0.6) is 11.5 Å². The number of thioether (sulfide) groups is 1. The molecule has 2 aliphatic carbocycles. The Labute approximate surface area is 314 Å². The molecule has 2 N–H and O–H groups in total. The molecule has 8 rings (SSSR count). The van der Waals surface area contributed by atoms with Gasteiger partial charge in [-0.2, -0.15) is 13.2 Å². The minimum Gasteiger partial charge on any atom is -0.493 e. The Morgan fingerprint density at radius 3 is 2.39 bits per heavy atom. The first-order chi connectivity index (χ1) is 25.9. The minimum atomic E-state index is -4.76. The van der Waals surface area contributed by atoms with Crippen molar-refractivity contribution in [3.63, 3.8) is 0 Å². The number of anilines is 2. The molecule has 2 saturated carbocycles. The lowest BCUT2D eigenvalue weighted by molar-refractivity contribution is -0.137. The number of carbonyl (C=O) groups excluding carboxylic acids is 4. The van der Waals surface area contributed by atoms with Crippen molar-refractivity contribution in [3.8, 4) is 11.5 Å². The summed E-state index contributed by atoms with van der Waals surface area (Å²) in [5.41, 5.74) is 0.0657. The largest absolute Gasteiger partial charge is 0.493 e. The van der Waals surface area contributed by atoms with Gasteiger partial charge in [0.25, 0.3) is 5.91 Å². The standard InChI is InChI=1S/C38H32F3N3O8S2/c1-3-51-36(48)17-8-11-19(12-9-17)42-26(45)16-52-24-13-10-18(14-25(24)50-2)27-28-20-15-21(31(28)53-33-32(27)54-37(49)43-33)30-29(20)34(46)44(35(30)47)23-7-5-4-6-22(23)38(39,40)41/h4-14,20-21,27-31H,3,15-16H2,1-2H3,(H,42,45)(H,43,49)/t20?,21?,27-,28?,29?,30?,31?/m1/s1. The van der Waals surface area contributed by atoms with Gasteiger partial charge >= 0.3 is 17.0 Å². The highest BCUT2D eigenvalue weighted by atomic mass is 32.2. The minimum absolute atomic E-state index is 0.189. The number of methoxy groups -OCH3 is 1. The molecule has 16 heteroatoms. The van der Waals surface area contributed by atoms with Crippen LogP contribution in [0, 0.1) is 29.6 Å². The van der Waals surface area contributed by atoms with Gasteiger partial charge in [0.15, 0.2) is 18.1 Å². The number of hydrogen-bond donors (Lipinski definition) is 2. The first-order valence-electron chi connectivity index (χ1n) is 17.2. The third-order valence-electron chi connectivity index (χ3n) is 10.8. The number of H-pyrrole nitrogens is 1. The Morgan fingerprint density at radius 1 is 0.963 bits per heavy atom. The quantitative estimate of drug-likeness (QED) is 0.147. The zero-order valence-corrected chi connectivity index (χ0v) is 30.3. The summed E-state index contributed by atoms with van der Waals surface area (Å²) in [7, 11) is 1.45. The van der Waals surface area contributed by atoms with Crippen molar-refractivity contribution in [1.82, 2.24) is 4.98 Å². The molecule has 2 bridgehead atoms. The van der Waals surface area contributed by atoms with E-state index < -0.39 is 58.9 Å². The van der Waals surface area contributed by atoms with E-state index in [-0.39, 0.29) is 46.8 Å². The molecule has 2 aliphatic heterocycles. The number of imide groups is 1. The van der Waals surface area contributed by atoms with Crippen LogP contribution in [0.4, 0.5) is 24.5 Å². The number of nitrogens with one attached hydrogen (secondary N) is 2. The molecule has 7 atom stereocenters. The van der Waals surface area contributed by atoms with E-state index in [1.54, 1.807) is 31.2 Å². The second kappa shape index (κ2) is 13.6. The molecule has 0 radical (unpaired) electrons. The predicted octanol–water partition coefficient (Wildman–Crippen LogP) is 6.34. The van der Waals surface area contributed by atoms with Crippen LogP contribution in [0.15, 0.2) is 76.6 Å². The van der Waals surface area contributed by atoms with E-state index in [0.717, 1.165) is 32.7 Å². The number of benzene rings is 3. The number of halogens is 3. The third kappa shape index (κ3) is 5.95. The van der Waals surface area contributed by atoms with Gasteiger partial charge in [0.1, 0.15) is 0 Å². The van der Waals surface area contributed by atoms with E-state index in [9.17, 15) is 37.1 Å². The number of aromatic amines is 1. The number of thiazole rings is 1. The number of carbonyl (C=O) groups is 4. The predicted molar refractivity (Wildman–Crippen MR) is 192 cm³/mol. The zero-order chi connectivity index (χ0) is 38.1. The highest BCUT2D eigenvalue weighted by Gasteiger charge is 2.70. The average molecular weight is 780 g/mol. The van der Waals surface area contributed by atoms with Crippen LogP contribution >= 0.6 is 23.1 Å². The van der Waals surface area contributed by atoms with Crippen LogP contribution < -0.4 is 24.6 Å².